The number of urea groups is 1. The van der Waals surface area contributed by atoms with Crippen molar-refractivity contribution in [3.05, 3.63) is 54.2 Å². The Morgan fingerprint density at radius 1 is 1.28 bits per heavy atom. The van der Waals surface area contributed by atoms with Crippen LogP contribution in [-0.2, 0) is 22.6 Å². The molecule has 0 spiro atoms. The van der Waals surface area contributed by atoms with Crippen molar-refractivity contribution in [3.63, 3.8) is 0 Å². The number of carbonyl (C=O) groups excluding carboxylic acids is 3. The summed E-state index contributed by atoms with van der Waals surface area (Å²) in [7, 11) is 0. The number of carbonyl (C=O) groups is 3. The standard InChI is InChI=1S/C17H18N4O4/c22-15(19-8-5-12-3-6-18-7-4-12)10-14-16(23)21(17(24)20-14)11-13-2-1-9-25-13/h1-4,6-7,9,14H,5,8,10-11H2,(H,19,22)(H,20,24)/t14-/m1/s1. The van der Waals surface area contributed by atoms with E-state index < -0.39 is 18.0 Å². The molecule has 25 heavy (non-hydrogen) atoms. The average molecular weight is 342 g/mol. The number of amides is 4. The molecule has 3 rings (SSSR count). The van der Waals surface area contributed by atoms with E-state index in [4.69, 9.17) is 4.42 Å². The Kier molecular flexibility index (Phi) is 5.08. The summed E-state index contributed by atoms with van der Waals surface area (Å²) in [6, 6.07) is 5.75. The third-order valence-electron chi connectivity index (χ3n) is 3.88. The zero-order chi connectivity index (χ0) is 17.6. The fourth-order valence-corrected chi connectivity index (χ4v) is 2.58. The molecule has 1 atom stereocenters. The van der Waals surface area contributed by atoms with E-state index in [-0.39, 0.29) is 18.9 Å². The predicted octanol–water partition coefficient (Wildman–Crippen LogP) is 0.844. The molecule has 1 aliphatic heterocycles. The molecule has 2 aromatic heterocycles. The third-order valence-corrected chi connectivity index (χ3v) is 3.88. The second-order valence-corrected chi connectivity index (χ2v) is 5.67. The topological polar surface area (TPSA) is 105 Å². The highest BCUT2D eigenvalue weighted by Crippen LogP contribution is 2.14. The summed E-state index contributed by atoms with van der Waals surface area (Å²) in [6.45, 7) is 0.506. The number of imide groups is 1. The summed E-state index contributed by atoms with van der Waals surface area (Å²) in [4.78, 5) is 41.2. The quantitative estimate of drug-likeness (QED) is 0.726. The molecule has 8 nitrogen and oxygen atoms in total. The first kappa shape index (κ1) is 16.7. The van der Waals surface area contributed by atoms with Gasteiger partial charge >= 0.3 is 6.03 Å². The normalized spacial score (nSPS) is 16.8. The molecule has 0 unspecified atom stereocenters. The number of furan rings is 1. The Morgan fingerprint density at radius 3 is 2.80 bits per heavy atom. The monoisotopic (exact) mass is 342 g/mol. The van der Waals surface area contributed by atoms with Crippen LogP contribution in [0.5, 0.6) is 0 Å². The summed E-state index contributed by atoms with van der Waals surface area (Å²) < 4.78 is 5.15. The van der Waals surface area contributed by atoms with Crippen LogP contribution in [0.25, 0.3) is 0 Å². The Morgan fingerprint density at radius 2 is 2.08 bits per heavy atom. The lowest BCUT2D eigenvalue weighted by atomic mass is 10.1. The first-order valence-corrected chi connectivity index (χ1v) is 7.93. The summed E-state index contributed by atoms with van der Waals surface area (Å²) in [5.74, 6) is -0.204. The van der Waals surface area contributed by atoms with Gasteiger partial charge < -0.3 is 15.1 Å². The van der Waals surface area contributed by atoms with Gasteiger partial charge in [-0.3, -0.25) is 19.5 Å². The van der Waals surface area contributed by atoms with Gasteiger partial charge in [-0.1, -0.05) is 0 Å². The SMILES string of the molecule is O=C(C[C@H]1NC(=O)N(Cc2ccco2)C1=O)NCCc1ccncc1. The van der Waals surface area contributed by atoms with Gasteiger partial charge in [-0.15, -0.1) is 0 Å². The number of rotatable bonds is 7. The number of aromatic nitrogens is 1. The lowest BCUT2D eigenvalue weighted by Crippen LogP contribution is -2.37. The Labute approximate surface area is 144 Å². The molecule has 1 saturated heterocycles. The van der Waals surface area contributed by atoms with E-state index in [1.54, 1.807) is 24.5 Å². The first-order chi connectivity index (χ1) is 12.1. The van der Waals surface area contributed by atoms with Crippen LogP contribution in [0.3, 0.4) is 0 Å². The van der Waals surface area contributed by atoms with Gasteiger partial charge in [0.15, 0.2) is 0 Å². The molecule has 1 fully saturated rings. The van der Waals surface area contributed by atoms with Crippen molar-refractivity contribution in [2.24, 2.45) is 0 Å². The molecule has 3 heterocycles. The molecule has 0 aromatic carbocycles. The van der Waals surface area contributed by atoms with E-state index in [1.807, 2.05) is 12.1 Å². The van der Waals surface area contributed by atoms with Crippen LogP contribution in [0.2, 0.25) is 0 Å². The van der Waals surface area contributed by atoms with E-state index in [0.717, 1.165) is 10.5 Å². The first-order valence-electron chi connectivity index (χ1n) is 7.93. The van der Waals surface area contributed by atoms with Gasteiger partial charge in [0.25, 0.3) is 5.91 Å². The average Bonchev–Trinajstić information content (AvgIpc) is 3.20. The molecule has 2 N–H and O–H groups in total. The number of nitrogens with zero attached hydrogens (tertiary/aromatic N) is 2. The van der Waals surface area contributed by atoms with Gasteiger partial charge in [-0.05, 0) is 36.2 Å². The minimum absolute atomic E-state index is 0.0534. The van der Waals surface area contributed by atoms with Crippen LogP contribution in [0.4, 0.5) is 4.79 Å². The number of pyridine rings is 1. The molecule has 130 valence electrons. The maximum atomic E-state index is 12.3. The molecular formula is C17H18N4O4. The smallest absolute Gasteiger partial charge is 0.325 e. The molecule has 1 aliphatic rings. The molecule has 0 aliphatic carbocycles. The maximum Gasteiger partial charge on any atom is 0.325 e. The number of hydrogen-bond donors (Lipinski definition) is 2. The van der Waals surface area contributed by atoms with Gasteiger partial charge in [0, 0.05) is 18.9 Å². The summed E-state index contributed by atoms with van der Waals surface area (Å²) in [5.41, 5.74) is 1.06. The van der Waals surface area contributed by atoms with Crippen LogP contribution in [0.1, 0.15) is 17.7 Å². The van der Waals surface area contributed by atoms with Crippen LogP contribution >= 0.6 is 0 Å². The van der Waals surface area contributed by atoms with Crippen LogP contribution in [0.15, 0.2) is 47.3 Å². The number of nitrogens with one attached hydrogen (secondary N) is 2. The lowest BCUT2D eigenvalue weighted by Gasteiger charge is -2.11. The van der Waals surface area contributed by atoms with Crippen LogP contribution in [0, 0.1) is 0 Å². The van der Waals surface area contributed by atoms with Crippen molar-refractivity contribution < 1.29 is 18.8 Å². The predicted molar refractivity (Wildman–Crippen MR) is 87.1 cm³/mol. The molecule has 8 heteroatoms. The maximum absolute atomic E-state index is 12.3. The van der Waals surface area contributed by atoms with Crippen molar-refractivity contribution in [3.8, 4) is 0 Å². The van der Waals surface area contributed by atoms with Crippen molar-refractivity contribution in [1.29, 1.82) is 0 Å². The second kappa shape index (κ2) is 7.61. The van der Waals surface area contributed by atoms with Crippen LogP contribution < -0.4 is 10.6 Å². The fourth-order valence-electron chi connectivity index (χ4n) is 2.58. The van der Waals surface area contributed by atoms with Gasteiger partial charge in [0.05, 0.1) is 19.2 Å². The highest BCUT2D eigenvalue weighted by Gasteiger charge is 2.39. The van der Waals surface area contributed by atoms with Crippen molar-refractivity contribution in [2.45, 2.75) is 25.4 Å². The Hall–Kier alpha value is -3.16. The fraction of sp³-hybridized carbons (Fsp3) is 0.294. The van der Waals surface area contributed by atoms with E-state index in [9.17, 15) is 14.4 Å². The molecule has 4 amide bonds. The highest BCUT2D eigenvalue weighted by atomic mass is 16.3. The van der Waals surface area contributed by atoms with Crippen molar-refractivity contribution in [1.82, 2.24) is 20.5 Å². The van der Waals surface area contributed by atoms with E-state index >= 15 is 0 Å². The van der Waals surface area contributed by atoms with Gasteiger partial charge in [-0.25, -0.2) is 4.79 Å². The number of hydrogen-bond acceptors (Lipinski definition) is 5. The molecule has 0 bridgehead atoms. The molecular weight excluding hydrogens is 324 g/mol. The summed E-state index contributed by atoms with van der Waals surface area (Å²) in [5, 5.41) is 5.29. The molecule has 0 radical (unpaired) electrons. The van der Waals surface area contributed by atoms with Gasteiger partial charge in [-0.2, -0.15) is 0 Å². The Bertz CT molecular complexity index is 745. The van der Waals surface area contributed by atoms with E-state index in [1.165, 1.54) is 6.26 Å². The zero-order valence-corrected chi connectivity index (χ0v) is 13.5. The van der Waals surface area contributed by atoms with Gasteiger partial charge in [0.2, 0.25) is 5.91 Å². The van der Waals surface area contributed by atoms with Crippen molar-refractivity contribution >= 4 is 17.8 Å². The highest BCUT2D eigenvalue weighted by molar-refractivity contribution is 6.05. The minimum atomic E-state index is -0.844. The summed E-state index contributed by atoms with van der Waals surface area (Å²) in [6.07, 6.45) is 5.44. The summed E-state index contributed by atoms with van der Waals surface area (Å²) >= 11 is 0. The van der Waals surface area contributed by atoms with Crippen LogP contribution in [-0.4, -0.2) is 40.3 Å². The van der Waals surface area contributed by atoms with Crippen molar-refractivity contribution in [2.75, 3.05) is 6.54 Å². The second-order valence-electron chi connectivity index (χ2n) is 5.67. The largest absolute Gasteiger partial charge is 0.467 e. The third kappa shape index (κ3) is 4.23. The van der Waals surface area contributed by atoms with E-state index in [0.29, 0.717) is 18.7 Å². The lowest BCUT2D eigenvalue weighted by molar-refractivity contribution is -0.131. The Balaban J connectivity index is 1.46. The van der Waals surface area contributed by atoms with E-state index in [2.05, 4.69) is 15.6 Å². The molecule has 0 saturated carbocycles. The zero-order valence-electron chi connectivity index (χ0n) is 13.5. The van der Waals surface area contributed by atoms with Gasteiger partial charge in [0.1, 0.15) is 11.8 Å². The minimum Gasteiger partial charge on any atom is -0.467 e. The molecule has 2 aromatic rings.